The molecule has 0 saturated heterocycles. The van der Waals surface area contributed by atoms with E-state index in [1.807, 2.05) is 18.3 Å². The molecular weight excluding hydrogens is 200 g/mol. The highest BCUT2D eigenvalue weighted by molar-refractivity contribution is 5.38. The van der Waals surface area contributed by atoms with Crippen molar-refractivity contribution in [3.05, 3.63) is 47.7 Å². The van der Waals surface area contributed by atoms with Crippen molar-refractivity contribution in [1.82, 2.24) is 15.0 Å². The van der Waals surface area contributed by atoms with Crippen LogP contribution in [0.2, 0.25) is 0 Å². The standard InChI is InChI=1S/C12H12N4/c13-11-6-10(15-7-16-11)9-4-3-8-2-1-5-14-12(8)9/h1-2,5-7,9H,3-4H2,(H2,13,15,16). The van der Waals surface area contributed by atoms with Gasteiger partial charge >= 0.3 is 0 Å². The Bertz CT molecular complexity index is 524. The lowest BCUT2D eigenvalue weighted by atomic mass is 10.0. The van der Waals surface area contributed by atoms with Gasteiger partial charge in [-0.2, -0.15) is 0 Å². The van der Waals surface area contributed by atoms with Crippen LogP contribution >= 0.6 is 0 Å². The van der Waals surface area contributed by atoms with Crippen LogP contribution in [0.1, 0.15) is 29.3 Å². The topological polar surface area (TPSA) is 64.7 Å². The summed E-state index contributed by atoms with van der Waals surface area (Å²) in [5.41, 5.74) is 9.11. The molecule has 0 amide bonds. The molecule has 2 heterocycles. The van der Waals surface area contributed by atoms with E-state index in [0.29, 0.717) is 5.82 Å². The molecule has 1 aliphatic rings. The van der Waals surface area contributed by atoms with Gasteiger partial charge in [-0.3, -0.25) is 4.98 Å². The van der Waals surface area contributed by atoms with Crippen LogP contribution in [0.4, 0.5) is 5.82 Å². The van der Waals surface area contributed by atoms with E-state index in [1.165, 1.54) is 11.9 Å². The van der Waals surface area contributed by atoms with Gasteiger partial charge in [0.15, 0.2) is 0 Å². The molecule has 16 heavy (non-hydrogen) atoms. The lowest BCUT2D eigenvalue weighted by Crippen LogP contribution is -2.03. The van der Waals surface area contributed by atoms with Crippen LogP contribution in [0, 0.1) is 0 Å². The maximum absolute atomic E-state index is 5.67. The fourth-order valence-corrected chi connectivity index (χ4v) is 2.28. The Kier molecular flexibility index (Phi) is 2.06. The number of nitrogens with zero attached hydrogens (tertiary/aromatic N) is 3. The SMILES string of the molecule is Nc1cc(C2CCc3cccnc32)ncn1. The second-order valence-corrected chi connectivity index (χ2v) is 4.01. The lowest BCUT2D eigenvalue weighted by molar-refractivity contribution is 0.743. The van der Waals surface area contributed by atoms with Crippen molar-refractivity contribution in [2.75, 3.05) is 5.73 Å². The molecule has 4 nitrogen and oxygen atoms in total. The minimum Gasteiger partial charge on any atom is -0.384 e. The quantitative estimate of drug-likeness (QED) is 0.778. The summed E-state index contributed by atoms with van der Waals surface area (Å²) in [7, 11) is 0. The van der Waals surface area contributed by atoms with Crippen LogP contribution in [-0.2, 0) is 6.42 Å². The van der Waals surface area contributed by atoms with Crippen molar-refractivity contribution in [2.24, 2.45) is 0 Å². The minimum atomic E-state index is 0.279. The molecule has 1 atom stereocenters. The van der Waals surface area contributed by atoms with Crippen LogP contribution in [0.15, 0.2) is 30.7 Å². The van der Waals surface area contributed by atoms with Crippen molar-refractivity contribution in [2.45, 2.75) is 18.8 Å². The second kappa shape index (κ2) is 3.56. The van der Waals surface area contributed by atoms with Gasteiger partial charge in [0.2, 0.25) is 0 Å². The molecule has 2 aromatic heterocycles. The summed E-state index contributed by atoms with van der Waals surface area (Å²) in [5.74, 6) is 0.802. The first-order valence-corrected chi connectivity index (χ1v) is 5.36. The Balaban J connectivity index is 2.05. The maximum Gasteiger partial charge on any atom is 0.127 e. The van der Waals surface area contributed by atoms with Gasteiger partial charge in [0.25, 0.3) is 0 Å². The molecule has 1 unspecified atom stereocenters. The number of hydrogen-bond acceptors (Lipinski definition) is 4. The van der Waals surface area contributed by atoms with Crippen LogP contribution < -0.4 is 5.73 Å². The number of rotatable bonds is 1. The molecule has 0 spiro atoms. The molecule has 0 saturated carbocycles. The average molecular weight is 212 g/mol. The van der Waals surface area contributed by atoms with E-state index in [0.717, 1.165) is 24.2 Å². The number of aromatic nitrogens is 3. The number of nitrogen functional groups attached to an aromatic ring is 1. The molecule has 0 aliphatic heterocycles. The molecule has 0 bridgehead atoms. The number of hydrogen-bond donors (Lipinski definition) is 1. The van der Waals surface area contributed by atoms with Crippen molar-refractivity contribution >= 4 is 5.82 Å². The second-order valence-electron chi connectivity index (χ2n) is 4.01. The minimum absolute atomic E-state index is 0.279. The predicted molar refractivity (Wildman–Crippen MR) is 60.8 cm³/mol. The first kappa shape index (κ1) is 9.27. The molecule has 2 N–H and O–H groups in total. The van der Waals surface area contributed by atoms with Gasteiger partial charge in [0.05, 0.1) is 11.4 Å². The van der Waals surface area contributed by atoms with E-state index in [4.69, 9.17) is 5.73 Å². The highest BCUT2D eigenvalue weighted by Crippen LogP contribution is 2.35. The zero-order valence-electron chi connectivity index (χ0n) is 8.80. The molecule has 80 valence electrons. The van der Waals surface area contributed by atoms with Gasteiger partial charge in [0, 0.05) is 18.2 Å². The fourth-order valence-electron chi connectivity index (χ4n) is 2.28. The van der Waals surface area contributed by atoms with Crippen LogP contribution in [0.5, 0.6) is 0 Å². The first-order valence-electron chi connectivity index (χ1n) is 5.36. The molecule has 1 aliphatic carbocycles. The average Bonchev–Trinajstić information content (AvgIpc) is 2.72. The van der Waals surface area contributed by atoms with Crippen LogP contribution in [0.3, 0.4) is 0 Å². The lowest BCUT2D eigenvalue weighted by Gasteiger charge is -2.09. The number of aryl methyl sites for hydroxylation is 1. The highest BCUT2D eigenvalue weighted by atomic mass is 14.9. The Morgan fingerprint density at radius 1 is 1.25 bits per heavy atom. The van der Waals surface area contributed by atoms with Crippen LogP contribution in [-0.4, -0.2) is 15.0 Å². The van der Waals surface area contributed by atoms with Gasteiger partial charge in [-0.25, -0.2) is 9.97 Å². The van der Waals surface area contributed by atoms with Crippen molar-refractivity contribution in [3.63, 3.8) is 0 Å². The zero-order valence-corrected chi connectivity index (χ0v) is 8.80. The van der Waals surface area contributed by atoms with E-state index in [-0.39, 0.29) is 5.92 Å². The monoisotopic (exact) mass is 212 g/mol. The van der Waals surface area contributed by atoms with Gasteiger partial charge in [-0.15, -0.1) is 0 Å². The summed E-state index contributed by atoms with van der Waals surface area (Å²) in [6.07, 6.45) is 5.48. The molecule has 0 radical (unpaired) electrons. The zero-order chi connectivity index (χ0) is 11.0. The third-order valence-corrected chi connectivity index (χ3v) is 3.02. The van der Waals surface area contributed by atoms with Gasteiger partial charge < -0.3 is 5.73 Å². The number of fused-ring (bicyclic) bond motifs is 1. The number of pyridine rings is 1. The summed E-state index contributed by atoms with van der Waals surface area (Å²) < 4.78 is 0. The molecule has 2 aromatic rings. The molecule has 4 heteroatoms. The smallest absolute Gasteiger partial charge is 0.127 e. The third-order valence-electron chi connectivity index (χ3n) is 3.02. The first-order chi connectivity index (χ1) is 7.84. The number of nitrogens with two attached hydrogens (primary N) is 1. The summed E-state index contributed by atoms with van der Waals surface area (Å²) in [5, 5.41) is 0. The fraction of sp³-hybridized carbons (Fsp3) is 0.250. The molecule has 0 fully saturated rings. The Morgan fingerprint density at radius 2 is 2.19 bits per heavy atom. The Labute approximate surface area is 93.6 Å². The summed E-state index contributed by atoms with van der Waals surface area (Å²) >= 11 is 0. The van der Waals surface area contributed by atoms with Crippen molar-refractivity contribution in [1.29, 1.82) is 0 Å². The summed E-state index contributed by atoms with van der Waals surface area (Å²) in [6, 6.07) is 5.96. The van der Waals surface area contributed by atoms with E-state index in [2.05, 4.69) is 21.0 Å². The Hall–Kier alpha value is -1.97. The maximum atomic E-state index is 5.67. The predicted octanol–water partition coefficient (Wildman–Crippen LogP) is 1.53. The number of anilines is 1. The molecule has 0 aromatic carbocycles. The molecular formula is C12H12N4. The third kappa shape index (κ3) is 1.43. The van der Waals surface area contributed by atoms with E-state index in [9.17, 15) is 0 Å². The van der Waals surface area contributed by atoms with Gasteiger partial charge in [-0.1, -0.05) is 6.07 Å². The summed E-state index contributed by atoms with van der Waals surface area (Å²) in [6.45, 7) is 0. The molecule has 3 rings (SSSR count). The largest absolute Gasteiger partial charge is 0.384 e. The highest BCUT2D eigenvalue weighted by Gasteiger charge is 2.26. The Morgan fingerprint density at radius 3 is 3.06 bits per heavy atom. The van der Waals surface area contributed by atoms with E-state index < -0.39 is 0 Å². The van der Waals surface area contributed by atoms with Crippen molar-refractivity contribution in [3.8, 4) is 0 Å². The normalized spacial score (nSPS) is 18.4. The van der Waals surface area contributed by atoms with E-state index in [1.54, 1.807) is 0 Å². The van der Waals surface area contributed by atoms with Gasteiger partial charge in [0.1, 0.15) is 12.1 Å². The van der Waals surface area contributed by atoms with Crippen molar-refractivity contribution < 1.29 is 0 Å². The van der Waals surface area contributed by atoms with Crippen LogP contribution in [0.25, 0.3) is 0 Å². The van der Waals surface area contributed by atoms with E-state index >= 15 is 0 Å². The van der Waals surface area contributed by atoms with Gasteiger partial charge in [-0.05, 0) is 24.5 Å². The summed E-state index contributed by atoms with van der Waals surface area (Å²) in [4.78, 5) is 12.6.